The van der Waals surface area contributed by atoms with Gasteiger partial charge in [0.2, 0.25) is 6.29 Å². The largest absolute Gasteiger partial charge is 0.288 e. The van der Waals surface area contributed by atoms with Crippen molar-refractivity contribution in [3.05, 3.63) is 30.2 Å². The van der Waals surface area contributed by atoms with Gasteiger partial charge in [-0.2, -0.15) is 0 Å². The van der Waals surface area contributed by atoms with Crippen molar-refractivity contribution in [3.63, 3.8) is 0 Å². The summed E-state index contributed by atoms with van der Waals surface area (Å²) >= 11 is 0. The van der Waals surface area contributed by atoms with E-state index < -0.39 is 0 Å². The molecule has 0 saturated carbocycles. The van der Waals surface area contributed by atoms with Gasteiger partial charge in [0.05, 0.1) is 5.56 Å². The van der Waals surface area contributed by atoms with Crippen molar-refractivity contribution in [2.24, 2.45) is 0 Å². The normalized spacial score (nSPS) is 10.2. The lowest BCUT2D eigenvalue weighted by Gasteiger charge is -1.90. The van der Waals surface area contributed by atoms with E-state index in [4.69, 9.17) is 0 Å². The van der Waals surface area contributed by atoms with Crippen LogP contribution in [-0.4, -0.2) is 20.9 Å². The molecule has 2 rings (SSSR count). The van der Waals surface area contributed by atoms with E-state index in [9.17, 15) is 4.79 Å². The molecule has 2 heterocycles. The SMILES string of the molecule is O=[C]c1cccn2cnnc12. The molecule has 4 nitrogen and oxygen atoms in total. The molecule has 0 fully saturated rings. The predicted molar refractivity (Wildman–Crippen MR) is 37.8 cm³/mol. The molecule has 0 aromatic carbocycles. The number of pyridine rings is 1. The third kappa shape index (κ3) is 0.797. The van der Waals surface area contributed by atoms with Crippen LogP contribution in [0.2, 0.25) is 0 Å². The highest BCUT2D eigenvalue weighted by Crippen LogP contribution is 2.02. The number of aromatic nitrogens is 3. The van der Waals surface area contributed by atoms with E-state index in [0.717, 1.165) is 0 Å². The molecule has 0 aliphatic rings. The Morgan fingerprint density at radius 3 is 3.27 bits per heavy atom. The summed E-state index contributed by atoms with van der Waals surface area (Å²) in [4.78, 5) is 10.3. The first-order chi connectivity index (χ1) is 5.42. The van der Waals surface area contributed by atoms with Crippen molar-refractivity contribution in [3.8, 4) is 0 Å². The van der Waals surface area contributed by atoms with Crippen LogP contribution >= 0.6 is 0 Å². The Labute approximate surface area is 62.5 Å². The number of hydrogen-bond donors (Lipinski definition) is 0. The van der Waals surface area contributed by atoms with Crippen molar-refractivity contribution in [2.45, 2.75) is 0 Å². The highest BCUT2D eigenvalue weighted by atomic mass is 16.1. The van der Waals surface area contributed by atoms with E-state index in [-0.39, 0.29) is 0 Å². The summed E-state index contributed by atoms with van der Waals surface area (Å²) in [6.07, 6.45) is 5.09. The van der Waals surface area contributed by atoms with E-state index in [2.05, 4.69) is 10.2 Å². The monoisotopic (exact) mass is 146 g/mol. The average Bonchev–Trinajstić information content (AvgIpc) is 2.50. The summed E-state index contributed by atoms with van der Waals surface area (Å²) in [5.74, 6) is 0. The van der Waals surface area contributed by atoms with E-state index in [0.29, 0.717) is 11.2 Å². The van der Waals surface area contributed by atoms with Crippen molar-refractivity contribution in [2.75, 3.05) is 0 Å². The van der Waals surface area contributed by atoms with Crippen molar-refractivity contribution in [1.82, 2.24) is 14.6 Å². The van der Waals surface area contributed by atoms with Crippen LogP contribution < -0.4 is 0 Å². The van der Waals surface area contributed by atoms with Gasteiger partial charge in [-0.1, -0.05) is 0 Å². The van der Waals surface area contributed by atoms with Crippen LogP contribution in [0.3, 0.4) is 0 Å². The lowest BCUT2D eigenvalue weighted by atomic mass is 10.3. The molecule has 2 aromatic rings. The molecule has 0 aliphatic heterocycles. The van der Waals surface area contributed by atoms with Crippen LogP contribution in [0.4, 0.5) is 0 Å². The second kappa shape index (κ2) is 2.16. The Kier molecular flexibility index (Phi) is 1.18. The minimum atomic E-state index is 0.435. The minimum Gasteiger partial charge on any atom is -0.288 e. The van der Waals surface area contributed by atoms with Gasteiger partial charge in [0.15, 0.2) is 5.65 Å². The molecule has 0 bridgehead atoms. The zero-order valence-corrected chi connectivity index (χ0v) is 5.56. The minimum absolute atomic E-state index is 0.435. The van der Waals surface area contributed by atoms with Gasteiger partial charge >= 0.3 is 0 Å². The third-order valence-corrected chi connectivity index (χ3v) is 1.43. The van der Waals surface area contributed by atoms with Gasteiger partial charge in [0.25, 0.3) is 0 Å². The molecule has 0 aliphatic carbocycles. The van der Waals surface area contributed by atoms with Gasteiger partial charge in [-0.25, -0.2) is 0 Å². The zero-order chi connectivity index (χ0) is 7.68. The highest BCUT2D eigenvalue weighted by Gasteiger charge is 2.00. The van der Waals surface area contributed by atoms with Gasteiger partial charge < -0.3 is 0 Å². The second-order valence-electron chi connectivity index (χ2n) is 2.09. The van der Waals surface area contributed by atoms with Crippen LogP contribution in [-0.2, 0) is 4.79 Å². The van der Waals surface area contributed by atoms with Gasteiger partial charge in [-0.15, -0.1) is 10.2 Å². The van der Waals surface area contributed by atoms with Gasteiger partial charge in [-0.05, 0) is 12.1 Å². The van der Waals surface area contributed by atoms with Gasteiger partial charge in [0, 0.05) is 6.20 Å². The van der Waals surface area contributed by atoms with E-state index in [1.165, 1.54) is 6.33 Å². The molecule has 0 N–H and O–H groups in total. The van der Waals surface area contributed by atoms with E-state index in [1.54, 1.807) is 29.0 Å². The number of nitrogens with zero attached hydrogens (tertiary/aromatic N) is 3. The van der Waals surface area contributed by atoms with Gasteiger partial charge in [0.1, 0.15) is 6.33 Å². The number of hydrogen-bond acceptors (Lipinski definition) is 3. The molecule has 0 saturated heterocycles. The predicted octanol–water partition coefficient (Wildman–Crippen LogP) is 0.187. The fourth-order valence-electron chi connectivity index (χ4n) is 0.931. The van der Waals surface area contributed by atoms with Crippen LogP contribution in [0.25, 0.3) is 5.65 Å². The first kappa shape index (κ1) is 6.03. The summed E-state index contributed by atoms with van der Waals surface area (Å²) in [5.41, 5.74) is 0.979. The first-order valence-electron chi connectivity index (χ1n) is 3.08. The lowest BCUT2D eigenvalue weighted by Crippen LogP contribution is -1.88. The fraction of sp³-hybridized carbons (Fsp3) is 0. The first-order valence-corrected chi connectivity index (χ1v) is 3.08. The smallest absolute Gasteiger partial charge is 0.237 e. The third-order valence-electron chi connectivity index (χ3n) is 1.43. The van der Waals surface area contributed by atoms with E-state index >= 15 is 0 Å². The topological polar surface area (TPSA) is 47.3 Å². The van der Waals surface area contributed by atoms with Crippen LogP contribution in [0, 0.1) is 0 Å². The maximum absolute atomic E-state index is 10.3. The summed E-state index contributed by atoms with van der Waals surface area (Å²) in [7, 11) is 0. The zero-order valence-electron chi connectivity index (χ0n) is 5.56. The molecule has 0 atom stereocenters. The molecule has 1 radical (unpaired) electrons. The summed E-state index contributed by atoms with van der Waals surface area (Å²) in [5, 5.41) is 7.38. The summed E-state index contributed by atoms with van der Waals surface area (Å²) < 4.78 is 1.67. The standard InChI is InChI=1S/C7H4N3O/c11-4-6-2-1-3-10-5-8-9-7(6)10/h1-3,5H. The Balaban J connectivity index is 2.88. The summed E-state index contributed by atoms with van der Waals surface area (Å²) in [6.45, 7) is 0. The summed E-state index contributed by atoms with van der Waals surface area (Å²) in [6, 6.07) is 3.40. The number of fused-ring (bicyclic) bond motifs is 1. The Morgan fingerprint density at radius 1 is 1.55 bits per heavy atom. The van der Waals surface area contributed by atoms with Crippen LogP contribution in [0.15, 0.2) is 24.7 Å². The van der Waals surface area contributed by atoms with Gasteiger partial charge in [-0.3, -0.25) is 9.20 Å². The molecule has 2 aromatic heterocycles. The molecular formula is C7H4N3O. The van der Waals surface area contributed by atoms with Crippen molar-refractivity contribution < 1.29 is 4.79 Å². The number of rotatable bonds is 1. The number of carbonyl (C=O) groups excluding carboxylic acids is 1. The van der Waals surface area contributed by atoms with Crippen LogP contribution in [0.5, 0.6) is 0 Å². The highest BCUT2D eigenvalue weighted by molar-refractivity contribution is 5.83. The molecular weight excluding hydrogens is 142 g/mol. The van der Waals surface area contributed by atoms with E-state index in [1.807, 2.05) is 0 Å². The van der Waals surface area contributed by atoms with Crippen molar-refractivity contribution >= 4 is 11.9 Å². The van der Waals surface area contributed by atoms with Crippen molar-refractivity contribution in [1.29, 1.82) is 0 Å². The quantitative estimate of drug-likeness (QED) is 0.576. The molecule has 0 amide bonds. The fourth-order valence-corrected chi connectivity index (χ4v) is 0.931. The van der Waals surface area contributed by atoms with Crippen LogP contribution in [0.1, 0.15) is 5.56 Å². The second-order valence-corrected chi connectivity index (χ2v) is 2.09. The maximum Gasteiger partial charge on any atom is 0.237 e. The molecule has 11 heavy (non-hydrogen) atoms. The Bertz CT molecular complexity index is 393. The average molecular weight is 146 g/mol. The molecule has 4 heteroatoms. The molecule has 0 spiro atoms. The molecule has 0 unspecified atom stereocenters. The molecule has 53 valence electrons. The lowest BCUT2D eigenvalue weighted by molar-refractivity contribution is 0.563. The maximum atomic E-state index is 10.3. The Hall–Kier alpha value is -1.71. The Morgan fingerprint density at radius 2 is 2.45 bits per heavy atom.